The Hall–Kier alpha value is -1.55. The van der Waals surface area contributed by atoms with Crippen LogP contribution in [-0.4, -0.2) is 42.2 Å². The molecule has 0 saturated heterocycles. The first-order valence-corrected chi connectivity index (χ1v) is 5.58. The van der Waals surface area contributed by atoms with E-state index in [-0.39, 0.29) is 5.54 Å². The lowest BCUT2D eigenvalue weighted by Gasteiger charge is -2.33. The lowest BCUT2D eigenvalue weighted by Crippen LogP contribution is -2.44. The highest BCUT2D eigenvalue weighted by atomic mass is 16.4. The van der Waals surface area contributed by atoms with Gasteiger partial charge in [-0.05, 0) is 40.1 Å². The average Bonchev–Trinajstić information content (AvgIpc) is 2.26. The molecule has 1 aromatic carbocycles. The fraction of sp³-hybridized carbons (Fsp3) is 0.462. The zero-order valence-corrected chi connectivity index (χ0v) is 10.8. The van der Waals surface area contributed by atoms with Crippen molar-refractivity contribution in [2.45, 2.75) is 19.4 Å². The van der Waals surface area contributed by atoms with Crippen LogP contribution in [0.5, 0.6) is 0 Å². The summed E-state index contributed by atoms with van der Waals surface area (Å²) in [7, 11) is 4.01. The summed E-state index contributed by atoms with van der Waals surface area (Å²) in [6.45, 7) is 4.89. The summed E-state index contributed by atoms with van der Waals surface area (Å²) in [5.41, 5.74) is 0.933. The highest BCUT2D eigenvalue weighted by Crippen LogP contribution is 2.17. The Kier molecular flexibility index (Phi) is 4.12. The van der Waals surface area contributed by atoms with E-state index in [4.69, 9.17) is 5.11 Å². The maximum absolute atomic E-state index is 11.0. The third-order valence-electron chi connectivity index (χ3n) is 3.08. The number of anilines is 1. The van der Waals surface area contributed by atoms with Gasteiger partial charge in [0.05, 0.1) is 5.56 Å². The molecule has 1 aromatic rings. The number of nitrogens with one attached hydrogen (secondary N) is 1. The van der Waals surface area contributed by atoms with Gasteiger partial charge in [-0.25, -0.2) is 4.79 Å². The molecular weight excluding hydrogens is 216 g/mol. The average molecular weight is 236 g/mol. The maximum atomic E-state index is 11.0. The molecule has 0 unspecified atom stereocenters. The summed E-state index contributed by atoms with van der Waals surface area (Å²) in [5.74, 6) is -0.907. The summed E-state index contributed by atoms with van der Waals surface area (Å²) < 4.78 is 0. The third-order valence-corrected chi connectivity index (χ3v) is 3.08. The van der Waals surface area contributed by atoms with Gasteiger partial charge in [0.1, 0.15) is 0 Å². The molecule has 0 aliphatic heterocycles. The second-order valence-corrected chi connectivity index (χ2v) is 4.91. The minimum Gasteiger partial charge on any atom is -0.478 e. The Morgan fingerprint density at radius 2 is 1.94 bits per heavy atom. The van der Waals surface area contributed by atoms with Crippen molar-refractivity contribution in [3.05, 3.63) is 29.8 Å². The number of carboxylic acids is 1. The molecule has 0 aromatic heterocycles. The summed E-state index contributed by atoms with van der Waals surface area (Å²) in [4.78, 5) is 13.1. The maximum Gasteiger partial charge on any atom is 0.337 e. The Labute approximate surface area is 102 Å². The lowest BCUT2D eigenvalue weighted by atomic mass is 10.0. The van der Waals surface area contributed by atoms with Crippen molar-refractivity contribution in [1.29, 1.82) is 0 Å². The van der Waals surface area contributed by atoms with Crippen molar-refractivity contribution >= 4 is 11.7 Å². The second kappa shape index (κ2) is 5.19. The van der Waals surface area contributed by atoms with E-state index in [0.29, 0.717) is 17.8 Å². The Morgan fingerprint density at radius 3 is 2.47 bits per heavy atom. The first-order valence-electron chi connectivity index (χ1n) is 5.58. The van der Waals surface area contributed by atoms with Crippen LogP contribution in [0.4, 0.5) is 5.69 Å². The number of benzene rings is 1. The van der Waals surface area contributed by atoms with Crippen LogP contribution in [-0.2, 0) is 0 Å². The number of likely N-dealkylation sites (N-methyl/N-ethyl adjacent to an activating group) is 1. The molecule has 0 bridgehead atoms. The van der Waals surface area contributed by atoms with E-state index in [9.17, 15) is 4.79 Å². The van der Waals surface area contributed by atoms with Crippen molar-refractivity contribution < 1.29 is 9.90 Å². The molecule has 0 atom stereocenters. The number of rotatable bonds is 5. The summed E-state index contributed by atoms with van der Waals surface area (Å²) in [6, 6.07) is 6.95. The molecule has 0 heterocycles. The van der Waals surface area contributed by atoms with Gasteiger partial charge in [-0.2, -0.15) is 0 Å². The molecule has 0 aliphatic carbocycles. The van der Waals surface area contributed by atoms with Crippen LogP contribution in [0, 0.1) is 0 Å². The van der Waals surface area contributed by atoms with Crippen LogP contribution in [0.25, 0.3) is 0 Å². The van der Waals surface area contributed by atoms with Gasteiger partial charge in [-0.15, -0.1) is 0 Å². The zero-order valence-electron chi connectivity index (χ0n) is 10.8. The Balaban J connectivity index is 2.79. The third kappa shape index (κ3) is 3.46. The molecule has 2 N–H and O–H groups in total. The van der Waals surface area contributed by atoms with Crippen molar-refractivity contribution in [3.63, 3.8) is 0 Å². The molecule has 94 valence electrons. The molecule has 0 fully saturated rings. The number of carbonyl (C=O) groups is 1. The molecule has 0 aliphatic rings. The monoisotopic (exact) mass is 236 g/mol. The van der Waals surface area contributed by atoms with Crippen LogP contribution >= 0.6 is 0 Å². The number of aromatic carboxylic acids is 1. The zero-order chi connectivity index (χ0) is 13.1. The van der Waals surface area contributed by atoms with Gasteiger partial charge in [-0.1, -0.05) is 12.1 Å². The van der Waals surface area contributed by atoms with Crippen molar-refractivity contribution in [2.75, 3.05) is 26.0 Å². The van der Waals surface area contributed by atoms with E-state index in [2.05, 4.69) is 24.1 Å². The Morgan fingerprint density at radius 1 is 1.35 bits per heavy atom. The van der Waals surface area contributed by atoms with Gasteiger partial charge in [0.2, 0.25) is 0 Å². The number of hydrogen-bond donors (Lipinski definition) is 2. The van der Waals surface area contributed by atoms with Gasteiger partial charge >= 0.3 is 5.97 Å². The molecule has 17 heavy (non-hydrogen) atoms. The molecular formula is C13H20N2O2. The van der Waals surface area contributed by atoms with Crippen molar-refractivity contribution in [2.24, 2.45) is 0 Å². The topological polar surface area (TPSA) is 52.6 Å². The molecule has 0 amide bonds. The summed E-state index contributed by atoms with van der Waals surface area (Å²) >= 11 is 0. The van der Waals surface area contributed by atoms with E-state index in [1.165, 1.54) is 0 Å². The van der Waals surface area contributed by atoms with Crippen LogP contribution in [0.1, 0.15) is 24.2 Å². The number of carboxylic acid groups (broad SMARTS) is 1. The fourth-order valence-electron chi connectivity index (χ4n) is 1.29. The highest BCUT2D eigenvalue weighted by Gasteiger charge is 2.20. The fourth-order valence-corrected chi connectivity index (χ4v) is 1.29. The molecule has 0 spiro atoms. The highest BCUT2D eigenvalue weighted by molar-refractivity contribution is 5.94. The number of para-hydroxylation sites is 1. The minimum absolute atomic E-state index is 0.0361. The van der Waals surface area contributed by atoms with Crippen molar-refractivity contribution in [1.82, 2.24) is 4.90 Å². The normalized spacial score (nSPS) is 11.6. The lowest BCUT2D eigenvalue weighted by molar-refractivity contribution is 0.0698. The van der Waals surface area contributed by atoms with Gasteiger partial charge < -0.3 is 15.3 Å². The number of nitrogens with zero attached hydrogens (tertiary/aromatic N) is 1. The second-order valence-electron chi connectivity index (χ2n) is 4.91. The van der Waals surface area contributed by atoms with E-state index in [0.717, 1.165) is 0 Å². The van der Waals surface area contributed by atoms with Gasteiger partial charge in [0.15, 0.2) is 0 Å². The van der Waals surface area contributed by atoms with Crippen LogP contribution < -0.4 is 5.32 Å². The first-order chi connectivity index (χ1) is 7.84. The van der Waals surface area contributed by atoms with Crippen LogP contribution in [0.15, 0.2) is 24.3 Å². The quantitative estimate of drug-likeness (QED) is 0.822. The largest absolute Gasteiger partial charge is 0.478 e. The molecule has 0 radical (unpaired) electrons. The van der Waals surface area contributed by atoms with E-state index in [1.54, 1.807) is 18.2 Å². The smallest absolute Gasteiger partial charge is 0.337 e. The molecule has 4 heteroatoms. The van der Waals surface area contributed by atoms with Gasteiger partial charge in [-0.3, -0.25) is 0 Å². The predicted molar refractivity (Wildman–Crippen MR) is 69.7 cm³/mol. The van der Waals surface area contributed by atoms with E-state index < -0.39 is 5.97 Å². The number of hydrogen-bond acceptors (Lipinski definition) is 3. The standard InChI is InChI=1S/C13H20N2O2/c1-13(2,15(3)4)9-14-11-8-6-5-7-10(11)12(16)17/h5-8,14H,9H2,1-4H3,(H,16,17). The molecule has 0 saturated carbocycles. The predicted octanol–water partition coefficient (Wildman–Crippen LogP) is 2.14. The van der Waals surface area contributed by atoms with Crippen LogP contribution in [0.3, 0.4) is 0 Å². The SMILES string of the molecule is CN(C)C(C)(C)CNc1ccccc1C(=O)O. The first kappa shape index (κ1) is 13.5. The molecule has 1 rings (SSSR count). The summed E-state index contributed by atoms with van der Waals surface area (Å²) in [6.07, 6.45) is 0. The van der Waals surface area contributed by atoms with Gasteiger partial charge in [0, 0.05) is 17.8 Å². The molecule has 4 nitrogen and oxygen atoms in total. The van der Waals surface area contributed by atoms with Crippen molar-refractivity contribution in [3.8, 4) is 0 Å². The van der Waals surface area contributed by atoms with E-state index >= 15 is 0 Å². The van der Waals surface area contributed by atoms with Crippen LogP contribution in [0.2, 0.25) is 0 Å². The minimum atomic E-state index is -0.907. The summed E-state index contributed by atoms with van der Waals surface area (Å²) in [5, 5.41) is 12.2. The van der Waals surface area contributed by atoms with Gasteiger partial charge in [0.25, 0.3) is 0 Å². The van der Waals surface area contributed by atoms with E-state index in [1.807, 2.05) is 20.2 Å². The Bertz CT molecular complexity index is 400.